The summed E-state index contributed by atoms with van der Waals surface area (Å²) in [5.41, 5.74) is -0.797. The molecule has 0 aromatic heterocycles. The third-order valence-corrected chi connectivity index (χ3v) is 4.82. The normalized spacial score (nSPS) is 11.8. The monoisotopic (exact) mass is 295 g/mol. The van der Waals surface area contributed by atoms with Gasteiger partial charge in [-0.15, -0.1) is 0 Å². The van der Waals surface area contributed by atoms with E-state index in [0.29, 0.717) is 12.8 Å². The Bertz CT molecular complexity index is 641. The van der Waals surface area contributed by atoms with Gasteiger partial charge in [-0.25, -0.2) is 13.2 Å². The number of aromatic carboxylic acids is 1. The maximum atomic E-state index is 12.2. The first-order valence-corrected chi connectivity index (χ1v) is 7.81. The Labute approximate surface area is 118 Å². The van der Waals surface area contributed by atoms with Gasteiger partial charge in [0.15, 0.2) is 9.84 Å². The Kier molecular flexibility index (Phi) is 4.90. The molecule has 1 aromatic rings. The summed E-state index contributed by atoms with van der Waals surface area (Å²) in [4.78, 5) is 10.9. The first kappa shape index (κ1) is 16.2. The third-order valence-electron chi connectivity index (χ3n) is 2.97. The van der Waals surface area contributed by atoms with Crippen LogP contribution < -0.4 is 0 Å². The van der Waals surface area contributed by atoms with Crippen molar-refractivity contribution in [1.29, 1.82) is 5.26 Å². The molecule has 1 aromatic carbocycles. The lowest BCUT2D eigenvalue weighted by Gasteiger charge is -2.14. The summed E-state index contributed by atoms with van der Waals surface area (Å²) in [6.07, 6.45) is 0.759. The fourth-order valence-corrected chi connectivity index (χ4v) is 3.31. The number of carboxylic acid groups (broad SMARTS) is 1. The molecule has 0 bridgehead atoms. The maximum Gasteiger partial charge on any atom is 0.337 e. The van der Waals surface area contributed by atoms with E-state index in [1.54, 1.807) is 13.8 Å². The van der Waals surface area contributed by atoms with Crippen molar-refractivity contribution in [2.45, 2.75) is 31.6 Å². The molecule has 0 radical (unpaired) electrons. The molecular formula is C14H17NO4S. The van der Waals surface area contributed by atoms with Gasteiger partial charge in [-0.2, -0.15) is 5.26 Å². The van der Waals surface area contributed by atoms with Gasteiger partial charge in [0, 0.05) is 0 Å². The van der Waals surface area contributed by atoms with E-state index >= 15 is 0 Å². The second-order valence-electron chi connectivity index (χ2n) is 5.22. The van der Waals surface area contributed by atoms with E-state index < -0.39 is 21.2 Å². The van der Waals surface area contributed by atoms with Crippen LogP contribution >= 0.6 is 0 Å². The molecule has 20 heavy (non-hydrogen) atoms. The zero-order chi connectivity index (χ0) is 15.4. The van der Waals surface area contributed by atoms with Crippen molar-refractivity contribution >= 4 is 15.8 Å². The lowest BCUT2D eigenvalue weighted by Crippen LogP contribution is -2.15. The van der Waals surface area contributed by atoms with E-state index in [9.17, 15) is 13.2 Å². The molecule has 6 heteroatoms. The summed E-state index contributed by atoms with van der Waals surface area (Å²) < 4.78 is 24.4. The molecule has 5 nitrogen and oxygen atoms in total. The van der Waals surface area contributed by atoms with Crippen LogP contribution in [0.2, 0.25) is 0 Å². The number of hydrogen-bond acceptors (Lipinski definition) is 4. The smallest absolute Gasteiger partial charge is 0.337 e. The molecule has 108 valence electrons. The number of nitrogens with zero attached hydrogens (tertiary/aromatic N) is 1. The molecule has 0 aliphatic carbocycles. The predicted octanol–water partition coefficient (Wildman–Crippen LogP) is 2.49. The minimum atomic E-state index is -3.66. The third kappa shape index (κ3) is 4.07. The van der Waals surface area contributed by atoms with Crippen molar-refractivity contribution in [1.82, 2.24) is 0 Å². The van der Waals surface area contributed by atoms with Gasteiger partial charge in [0.05, 0.1) is 27.7 Å². The zero-order valence-corrected chi connectivity index (χ0v) is 12.3. The Morgan fingerprint density at radius 2 is 1.95 bits per heavy atom. The number of carboxylic acids is 1. The standard InChI is InChI=1S/C14H17NO4S/c1-14(2,10-15)8-5-9-20(18,19)12-7-4-3-6-11(12)13(16)17/h3-4,6-7H,5,8-9H2,1-2H3,(H,16,17). The fourth-order valence-electron chi connectivity index (χ4n) is 1.78. The fraction of sp³-hybridized carbons (Fsp3) is 0.429. The van der Waals surface area contributed by atoms with E-state index in [4.69, 9.17) is 10.4 Å². The second-order valence-corrected chi connectivity index (χ2v) is 7.30. The molecular weight excluding hydrogens is 278 g/mol. The molecule has 0 aliphatic heterocycles. The number of rotatable bonds is 6. The van der Waals surface area contributed by atoms with Crippen LogP contribution in [-0.2, 0) is 9.84 Å². The summed E-state index contributed by atoms with van der Waals surface area (Å²) in [5.74, 6) is -1.43. The molecule has 0 fully saturated rings. The van der Waals surface area contributed by atoms with E-state index in [-0.39, 0.29) is 16.2 Å². The molecule has 0 heterocycles. The van der Waals surface area contributed by atoms with Gasteiger partial charge in [-0.1, -0.05) is 12.1 Å². The first-order chi connectivity index (χ1) is 9.19. The van der Waals surface area contributed by atoms with Gasteiger partial charge in [-0.3, -0.25) is 0 Å². The quantitative estimate of drug-likeness (QED) is 0.869. The SMILES string of the molecule is CC(C)(C#N)CCCS(=O)(=O)c1ccccc1C(=O)O. The first-order valence-electron chi connectivity index (χ1n) is 6.16. The van der Waals surface area contributed by atoms with E-state index in [2.05, 4.69) is 6.07 Å². The lowest BCUT2D eigenvalue weighted by atomic mass is 9.90. The highest BCUT2D eigenvalue weighted by atomic mass is 32.2. The van der Waals surface area contributed by atoms with Gasteiger partial charge in [0.1, 0.15) is 0 Å². The van der Waals surface area contributed by atoms with Gasteiger partial charge in [0.2, 0.25) is 0 Å². The lowest BCUT2D eigenvalue weighted by molar-refractivity contribution is 0.0692. The molecule has 0 saturated carbocycles. The van der Waals surface area contributed by atoms with Crippen LogP contribution in [0, 0.1) is 16.7 Å². The minimum absolute atomic E-state index is 0.164. The summed E-state index contributed by atoms with van der Waals surface area (Å²) in [6, 6.07) is 7.67. The number of hydrogen-bond donors (Lipinski definition) is 1. The average molecular weight is 295 g/mol. The molecule has 0 saturated heterocycles. The van der Waals surface area contributed by atoms with E-state index in [1.165, 1.54) is 24.3 Å². The maximum absolute atomic E-state index is 12.2. The highest BCUT2D eigenvalue weighted by Crippen LogP contribution is 2.23. The Morgan fingerprint density at radius 1 is 1.35 bits per heavy atom. The van der Waals surface area contributed by atoms with Crippen LogP contribution in [0.1, 0.15) is 37.0 Å². The van der Waals surface area contributed by atoms with Crippen LogP contribution in [-0.4, -0.2) is 25.2 Å². The molecule has 0 atom stereocenters. The number of nitriles is 1. The van der Waals surface area contributed by atoms with Crippen LogP contribution in [0.4, 0.5) is 0 Å². The molecule has 0 unspecified atom stereocenters. The summed E-state index contributed by atoms with van der Waals surface area (Å²) >= 11 is 0. The average Bonchev–Trinajstić information content (AvgIpc) is 2.38. The molecule has 1 N–H and O–H groups in total. The van der Waals surface area contributed by atoms with Crippen molar-refractivity contribution in [3.63, 3.8) is 0 Å². The van der Waals surface area contributed by atoms with E-state index in [1.807, 2.05) is 0 Å². The van der Waals surface area contributed by atoms with Gasteiger partial charge >= 0.3 is 5.97 Å². The van der Waals surface area contributed by atoms with Gasteiger partial charge < -0.3 is 5.11 Å². The largest absolute Gasteiger partial charge is 0.478 e. The predicted molar refractivity (Wildman–Crippen MR) is 74.1 cm³/mol. The Balaban J connectivity index is 2.91. The van der Waals surface area contributed by atoms with Crippen molar-refractivity contribution < 1.29 is 18.3 Å². The van der Waals surface area contributed by atoms with Crippen molar-refractivity contribution in [3.05, 3.63) is 29.8 Å². The van der Waals surface area contributed by atoms with Crippen LogP contribution in [0.3, 0.4) is 0 Å². The topological polar surface area (TPSA) is 95.2 Å². The number of sulfone groups is 1. The van der Waals surface area contributed by atoms with Crippen LogP contribution in [0.5, 0.6) is 0 Å². The molecule has 0 amide bonds. The van der Waals surface area contributed by atoms with Crippen molar-refractivity contribution in [2.75, 3.05) is 5.75 Å². The van der Waals surface area contributed by atoms with E-state index in [0.717, 1.165) is 0 Å². The van der Waals surface area contributed by atoms with Gasteiger partial charge in [-0.05, 0) is 38.8 Å². The molecule has 0 aliphatic rings. The van der Waals surface area contributed by atoms with Crippen LogP contribution in [0.25, 0.3) is 0 Å². The highest BCUT2D eigenvalue weighted by Gasteiger charge is 2.23. The van der Waals surface area contributed by atoms with Crippen molar-refractivity contribution in [2.24, 2.45) is 5.41 Å². The summed E-state index contributed by atoms with van der Waals surface area (Å²) in [6.45, 7) is 3.48. The zero-order valence-electron chi connectivity index (χ0n) is 11.5. The van der Waals surface area contributed by atoms with Crippen LogP contribution in [0.15, 0.2) is 29.2 Å². The summed E-state index contributed by atoms with van der Waals surface area (Å²) in [7, 11) is -3.66. The Hall–Kier alpha value is -1.87. The van der Waals surface area contributed by atoms with Crippen molar-refractivity contribution in [3.8, 4) is 6.07 Å². The number of benzene rings is 1. The Morgan fingerprint density at radius 3 is 2.50 bits per heavy atom. The minimum Gasteiger partial charge on any atom is -0.478 e. The molecule has 0 spiro atoms. The number of carbonyl (C=O) groups is 1. The highest BCUT2D eigenvalue weighted by molar-refractivity contribution is 7.91. The van der Waals surface area contributed by atoms with Gasteiger partial charge in [0.25, 0.3) is 0 Å². The second kappa shape index (κ2) is 6.06. The molecule has 1 rings (SSSR count). The summed E-state index contributed by atoms with van der Waals surface area (Å²) in [5, 5.41) is 17.9.